The van der Waals surface area contributed by atoms with Gasteiger partial charge in [0.15, 0.2) is 0 Å². The lowest BCUT2D eigenvalue weighted by atomic mass is 10.3. The van der Waals surface area contributed by atoms with Crippen LogP contribution in [-0.2, 0) is 14.8 Å². The van der Waals surface area contributed by atoms with Gasteiger partial charge in [-0.15, -0.1) is 11.8 Å². The van der Waals surface area contributed by atoms with Crippen molar-refractivity contribution in [2.24, 2.45) is 0 Å². The van der Waals surface area contributed by atoms with Crippen LogP contribution in [-0.4, -0.2) is 26.1 Å². The van der Waals surface area contributed by atoms with Crippen molar-refractivity contribution in [3.8, 4) is 0 Å². The van der Waals surface area contributed by atoms with E-state index >= 15 is 0 Å². The maximum atomic E-state index is 12.2. The highest BCUT2D eigenvalue weighted by Crippen LogP contribution is 2.23. The normalized spacial score (nSPS) is 14.2. The van der Waals surface area contributed by atoms with Crippen LogP contribution in [0.5, 0.6) is 0 Å². The van der Waals surface area contributed by atoms with Crippen molar-refractivity contribution in [2.45, 2.75) is 35.1 Å². The molecule has 2 aromatic carbocycles. The smallest absolute Gasteiger partial charge is 0.240 e. The lowest BCUT2D eigenvalue weighted by Crippen LogP contribution is -2.25. The third-order valence-corrected chi connectivity index (χ3v) is 6.20. The fourth-order valence-electron chi connectivity index (χ4n) is 2.23. The maximum absolute atomic E-state index is 12.2. The molecule has 0 radical (unpaired) electrons. The average molecular weight is 377 g/mol. The molecule has 132 valence electrons. The third-order valence-electron chi connectivity index (χ3n) is 3.67. The molecule has 0 heterocycles. The molecule has 7 heteroatoms. The number of rotatable bonds is 8. The molecule has 1 aliphatic rings. The SMILES string of the molecule is O=C(CCSc1ccccc1)Nc1cccc(S(=O)(=O)NC2CC2)c1. The highest BCUT2D eigenvalue weighted by atomic mass is 32.2. The van der Waals surface area contributed by atoms with Crippen molar-refractivity contribution >= 4 is 33.4 Å². The molecule has 0 bridgehead atoms. The molecule has 1 aliphatic carbocycles. The van der Waals surface area contributed by atoms with Gasteiger partial charge in [0.1, 0.15) is 0 Å². The van der Waals surface area contributed by atoms with Crippen LogP contribution >= 0.6 is 11.8 Å². The highest BCUT2D eigenvalue weighted by Gasteiger charge is 2.28. The third kappa shape index (κ3) is 5.59. The number of amides is 1. The van der Waals surface area contributed by atoms with E-state index in [2.05, 4.69) is 10.0 Å². The largest absolute Gasteiger partial charge is 0.326 e. The van der Waals surface area contributed by atoms with E-state index in [0.717, 1.165) is 17.7 Å². The first-order chi connectivity index (χ1) is 12.0. The predicted molar refractivity (Wildman–Crippen MR) is 100 cm³/mol. The molecular formula is C18H20N2O3S2. The van der Waals surface area contributed by atoms with Crippen molar-refractivity contribution in [3.05, 3.63) is 54.6 Å². The van der Waals surface area contributed by atoms with E-state index in [-0.39, 0.29) is 16.8 Å². The van der Waals surface area contributed by atoms with Gasteiger partial charge in [0.05, 0.1) is 4.90 Å². The Bertz CT molecular complexity index is 834. The monoisotopic (exact) mass is 376 g/mol. The first-order valence-electron chi connectivity index (χ1n) is 8.13. The predicted octanol–water partition coefficient (Wildman–Crippen LogP) is 3.25. The van der Waals surface area contributed by atoms with E-state index in [1.807, 2.05) is 30.3 Å². The van der Waals surface area contributed by atoms with E-state index in [0.29, 0.717) is 17.9 Å². The summed E-state index contributed by atoms with van der Waals surface area (Å²) in [5.41, 5.74) is 0.494. The molecule has 0 unspecified atom stereocenters. The summed E-state index contributed by atoms with van der Waals surface area (Å²) in [4.78, 5) is 13.4. The van der Waals surface area contributed by atoms with Crippen molar-refractivity contribution < 1.29 is 13.2 Å². The van der Waals surface area contributed by atoms with Crippen LogP contribution in [0.4, 0.5) is 5.69 Å². The van der Waals surface area contributed by atoms with Gasteiger partial charge < -0.3 is 5.32 Å². The fourth-order valence-corrected chi connectivity index (χ4v) is 4.45. The van der Waals surface area contributed by atoms with E-state index in [1.54, 1.807) is 23.9 Å². The molecule has 3 rings (SSSR count). The lowest BCUT2D eigenvalue weighted by Gasteiger charge is -2.09. The number of carbonyl (C=O) groups excluding carboxylic acids is 1. The molecule has 2 aromatic rings. The van der Waals surface area contributed by atoms with Gasteiger partial charge in [0.2, 0.25) is 15.9 Å². The summed E-state index contributed by atoms with van der Waals surface area (Å²) in [5, 5.41) is 2.77. The minimum absolute atomic E-state index is 0.0539. The van der Waals surface area contributed by atoms with Crippen LogP contribution in [0.15, 0.2) is 64.4 Å². The average Bonchev–Trinajstić information content (AvgIpc) is 3.39. The summed E-state index contributed by atoms with van der Waals surface area (Å²) >= 11 is 1.61. The Kier molecular flexibility index (Phi) is 5.78. The standard InChI is InChI=1S/C18H20N2O3S2/c21-18(11-12-24-16-6-2-1-3-7-16)19-15-5-4-8-17(13-15)25(22,23)20-14-9-10-14/h1-8,13-14,20H,9-12H2,(H,19,21). The number of carbonyl (C=O) groups is 1. The Balaban J connectivity index is 1.53. The number of nitrogens with one attached hydrogen (secondary N) is 2. The van der Waals surface area contributed by atoms with Crippen LogP contribution in [0, 0.1) is 0 Å². The van der Waals surface area contributed by atoms with E-state index in [4.69, 9.17) is 0 Å². The molecule has 1 amide bonds. The van der Waals surface area contributed by atoms with Gasteiger partial charge in [-0.25, -0.2) is 13.1 Å². The van der Waals surface area contributed by atoms with Crippen LogP contribution in [0.25, 0.3) is 0 Å². The number of benzene rings is 2. The van der Waals surface area contributed by atoms with Gasteiger partial charge in [-0.2, -0.15) is 0 Å². The molecule has 25 heavy (non-hydrogen) atoms. The van der Waals surface area contributed by atoms with Gasteiger partial charge in [0, 0.05) is 28.8 Å². The number of sulfonamides is 1. The minimum atomic E-state index is -3.51. The molecule has 0 spiro atoms. The summed E-state index contributed by atoms with van der Waals surface area (Å²) in [5.74, 6) is 0.532. The molecule has 1 saturated carbocycles. The molecule has 0 aromatic heterocycles. The minimum Gasteiger partial charge on any atom is -0.326 e. The van der Waals surface area contributed by atoms with Crippen molar-refractivity contribution in [1.82, 2.24) is 4.72 Å². The van der Waals surface area contributed by atoms with Crippen LogP contribution in [0.2, 0.25) is 0 Å². The fraction of sp³-hybridized carbons (Fsp3) is 0.278. The van der Waals surface area contributed by atoms with E-state index in [1.165, 1.54) is 12.1 Å². The highest BCUT2D eigenvalue weighted by molar-refractivity contribution is 7.99. The second-order valence-corrected chi connectivity index (χ2v) is 8.77. The number of hydrogen-bond donors (Lipinski definition) is 2. The van der Waals surface area contributed by atoms with Gasteiger partial charge >= 0.3 is 0 Å². The molecule has 1 fully saturated rings. The zero-order valence-electron chi connectivity index (χ0n) is 13.6. The van der Waals surface area contributed by atoms with Crippen molar-refractivity contribution in [3.63, 3.8) is 0 Å². The summed E-state index contributed by atoms with van der Waals surface area (Å²) in [6.07, 6.45) is 2.13. The molecule has 0 aliphatic heterocycles. The molecule has 0 saturated heterocycles. The Labute approximate surface area is 152 Å². The van der Waals surface area contributed by atoms with Crippen molar-refractivity contribution in [1.29, 1.82) is 0 Å². The summed E-state index contributed by atoms with van der Waals surface area (Å²) in [6.45, 7) is 0. The zero-order valence-corrected chi connectivity index (χ0v) is 15.3. The first kappa shape index (κ1) is 18.0. The Hall–Kier alpha value is -1.83. The Morgan fingerprint density at radius 3 is 2.56 bits per heavy atom. The second kappa shape index (κ2) is 8.03. The van der Waals surface area contributed by atoms with Gasteiger partial charge in [-0.3, -0.25) is 4.79 Å². The topological polar surface area (TPSA) is 75.3 Å². The van der Waals surface area contributed by atoms with Crippen LogP contribution in [0.1, 0.15) is 19.3 Å². The number of thioether (sulfide) groups is 1. The first-order valence-corrected chi connectivity index (χ1v) is 10.6. The van der Waals surface area contributed by atoms with Gasteiger partial charge in [-0.05, 0) is 43.2 Å². The van der Waals surface area contributed by atoms with Crippen LogP contribution < -0.4 is 10.0 Å². The van der Waals surface area contributed by atoms with Gasteiger partial charge in [-0.1, -0.05) is 24.3 Å². The Morgan fingerprint density at radius 1 is 1.08 bits per heavy atom. The quantitative estimate of drug-likeness (QED) is 0.694. The Morgan fingerprint density at radius 2 is 1.84 bits per heavy atom. The number of hydrogen-bond acceptors (Lipinski definition) is 4. The summed E-state index contributed by atoms with van der Waals surface area (Å²) in [7, 11) is -3.51. The van der Waals surface area contributed by atoms with E-state index < -0.39 is 10.0 Å². The molecule has 0 atom stereocenters. The summed E-state index contributed by atoms with van der Waals surface area (Å²) in [6, 6.07) is 16.3. The number of anilines is 1. The summed E-state index contributed by atoms with van der Waals surface area (Å²) < 4.78 is 27.1. The van der Waals surface area contributed by atoms with Crippen molar-refractivity contribution in [2.75, 3.05) is 11.1 Å². The maximum Gasteiger partial charge on any atom is 0.240 e. The lowest BCUT2D eigenvalue weighted by molar-refractivity contribution is -0.115. The molecule has 2 N–H and O–H groups in total. The zero-order chi connectivity index (χ0) is 17.7. The second-order valence-electron chi connectivity index (χ2n) is 5.88. The van der Waals surface area contributed by atoms with Crippen LogP contribution in [0.3, 0.4) is 0 Å². The van der Waals surface area contributed by atoms with Gasteiger partial charge in [0.25, 0.3) is 0 Å². The molecule has 5 nitrogen and oxygen atoms in total. The van der Waals surface area contributed by atoms with E-state index in [9.17, 15) is 13.2 Å². The molecular weight excluding hydrogens is 356 g/mol.